The van der Waals surface area contributed by atoms with Crippen LogP contribution in [0.3, 0.4) is 0 Å². The van der Waals surface area contributed by atoms with Gasteiger partial charge in [-0.15, -0.1) is 0 Å². The molecule has 1 N–H and O–H groups in total. The quantitative estimate of drug-likeness (QED) is 0.774. The van der Waals surface area contributed by atoms with E-state index in [0.29, 0.717) is 6.04 Å². The fourth-order valence-corrected chi connectivity index (χ4v) is 1.70. The number of hydrogen-bond donors (Lipinski definition) is 1. The van der Waals surface area contributed by atoms with Gasteiger partial charge >= 0.3 is 0 Å². The maximum atomic E-state index is 5.71. The Morgan fingerprint density at radius 1 is 1.38 bits per heavy atom. The lowest BCUT2D eigenvalue weighted by molar-refractivity contribution is 0.182. The molecule has 1 aromatic rings. The monoisotopic (exact) mass is 225 g/mol. The van der Waals surface area contributed by atoms with E-state index < -0.39 is 0 Å². The zero-order chi connectivity index (χ0) is 12.0. The fourth-order valence-electron chi connectivity index (χ4n) is 1.70. The molecule has 92 valence electrons. The number of methoxy groups -OCH3 is 1. The zero-order valence-corrected chi connectivity index (χ0v) is 10.7. The highest BCUT2D eigenvalue weighted by Gasteiger charge is 2.12. The molecule has 0 radical (unpaired) electrons. The minimum atomic E-state index is 0.257. The van der Waals surface area contributed by atoms with Crippen molar-refractivity contribution in [3.8, 4) is 0 Å². The molecule has 0 fully saturated rings. The van der Waals surface area contributed by atoms with Crippen LogP contribution >= 0.6 is 0 Å². The van der Waals surface area contributed by atoms with Crippen LogP contribution in [0.25, 0.3) is 0 Å². The summed E-state index contributed by atoms with van der Waals surface area (Å²) in [6.07, 6.45) is 1.97. The van der Waals surface area contributed by atoms with Crippen LogP contribution in [0.15, 0.2) is 16.5 Å². The van der Waals surface area contributed by atoms with Crippen LogP contribution in [0, 0.1) is 0 Å². The van der Waals surface area contributed by atoms with E-state index in [1.165, 1.54) is 0 Å². The van der Waals surface area contributed by atoms with E-state index in [0.717, 1.165) is 31.0 Å². The lowest BCUT2D eigenvalue weighted by Crippen LogP contribution is -2.29. The zero-order valence-electron chi connectivity index (χ0n) is 10.7. The minimum absolute atomic E-state index is 0.257. The van der Waals surface area contributed by atoms with Crippen molar-refractivity contribution in [2.45, 2.75) is 45.7 Å². The Morgan fingerprint density at radius 2 is 2.12 bits per heavy atom. The third kappa shape index (κ3) is 3.99. The van der Waals surface area contributed by atoms with Gasteiger partial charge in [0.2, 0.25) is 0 Å². The molecule has 1 aromatic heterocycles. The first-order valence-corrected chi connectivity index (χ1v) is 6.01. The molecule has 3 heteroatoms. The van der Waals surface area contributed by atoms with Crippen molar-refractivity contribution in [2.75, 3.05) is 13.7 Å². The van der Waals surface area contributed by atoms with Gasteiger partial charge in [-0.25, -0.2) is 0 Å². The molecule has 0 aliphatic rings. The SMILES string of the molecule is CCc1ccc(C(C)NC(C)CCOC)o1. The summed E-state index contributed by atoms with van der Waals surface area (Å²) in [5, 5.41) is 3.49. The number of aryl methyl sites for hydroxylation is 1. The molecule has 0 aromatic carbocycles. The Morgan fingerprint density at radius 3 is 2.69 bits per heavy atom. The predicted octanol–water partition coefficient (Wildman–Crippen LogP) is 2.92. The minimum Gasteiger partial charge on any atom is -0.464 e. The van der Waals surface area contributed by atoms with E-state index in [1.54, 1.807) is 7.11 Å². The largest absolute Gasteiger partial charge is 0.464 e. The van der Waals surface area contributed by atoms with Crippen LogP contribution in [-0.2, 0) is 11.2 Å². The Labute approximate surface area is 98.2 Å². The van der Waals surface area contributed by atoms with E-state index in [1.807, 2.05) is 6.07 Å². The summed E-state index contributed by atoms with van der Waals surface area (Å²) in [5.41, 5.74) is 0. The van der Waals surface area contributed by atoms with Crippen molar-refractivity contribution in [1.29, 1.82) is 0 Å². The van der Waals surface area contributed by atoms with Gasteiger partial charge < -0.3 is 14.5 Å². The second kappa shape index (κ2) is 6.71. The first-order valence-electron chi connectivity index (χ1n) is 6.01. The van der Waals surface area contributed by atoms with Gasteiger partial charge in [0.05, 0.1) is 6.04 Å². The van der Waals surface area contributed by atoms with Crippen LogP contribution < -0.4 is 5.32 Å². The average Bonchev–Trinajstić information content (AvgIpc) is 2.74. The van der Waals surface area contributed by atoms with E-state index in [4.69, 9.17) is 9.15 Å². The topological polar surface area (TPSA) is 34.4 Å². The molecular formula is C13H23NO2. The molecule has 0 bridgehead atoms. The molecule has 3 nitrogen and oxygen atoms in total. The van der Waals surface area contributed by atoms with E-state index in [9.17, 15) is 0 Å². The summed E-state index contributed by atoms with van der Waals surface area (Å²) in [6, 6.07) is 4.80. The van der Waals surface area contributed by atoms with Gasteiger partial charge in [0.25, 0.3) is 0 Å². The molecule has 2 atom stereocenters. The van der Waals surface area contributed by atoms with Crippen LogP contribution in [-0.4, -0.2) is 19.8 Å². The molecule has 0 aliphatic heterocycles. The van der Waals surface area contributed by atoms with E-state index >= 15 is 0 Å². The maximum Gasteiger partial charge on any atom is 0.120 e. The molecule has 2 unspecified atom stereocenters. The average molecular weight is 225 g/mol. The van der Waals surface area contributed by atoms with Gasteiger partial charge in [-0.1, -0.05) is 6.92 Å². The van der Waals surface area contributed by atoms with Crippen LogP contribution in [0.1, 0.15) is 44.8 Å². The number of rotatable bonds is 7. The van der Waals surface area contributed by atoms with Gasteiger partial charge in [-0.05, 0) is 32.4 Å². The molecule has 1 heterocycles. The second-order valence-electron chi connectivity index (χ2n) is 4.23. The summed E-state index contributed by atoms with van der Waals surface area (Å²) in [6.45, 7) is 7.18. The molecule has 16 heavy (non-hydrogen) atoms. The van der Waals surface area contributed by atoms with Crippen LogP contribution in [0.2, 0.25) is 0 Å². The summed E-state index contributed by atoms with van der Waals surface area (Å²) in [4.78, 5) is 0. The first kappa shape index (κ1) is 13.3. The van der Waals surface area contributed by atoms with Crippen LogP contribution in [0.5, 0.6) is 0 Å². The summed E-state index contributed by atoms with van der Waals surface area (Å²) >= 11 is 0. The fraction of sp³-hybridized carbons (Fsp3) is 0.692. The third-order valence-electron chi connectivity index (χ3n) is 2.75. The van der Waals surface area contributed by atoms with Gasteiger partial charge in [0.15, 0.2) is 0 Å². The molecule has 0 spiro atoms. The number of nitrogens with one attached hydrogen (secondary N) is 1. The molecule has 0 aliphatic carbocycles. The Hall–Kier alpha value is -0.800. The van der Waals surface area contributed by atoms with Crippen molar-refractivity contribution in [3.05, 3.63) is 23.7 Å². The van der Waals surface area contributed by atoms with Gasteiger partial charge in [-0.2, -0.15) is 0 Å². The Kier molecular flexibility index (Phi) is 5.56. The van der Waals surface area contributed by atoms with Crippen molar-refractivity contribution in [3.63, 3.8) is 0 Å². The van der Waals surface area contributed by atoms with Crippen molar-refractivity contribution in [2.24, 2.45) is 0 Å². The number of hydrogen-bond acceptors (Lipinski definition) is 3. The highest BCUT2D eigenvalue weighted by Crippen LogP contribution is 2.17. The molecule has 0 saturated carbocycles. The number of furan rings is 1. The van der Waals surface area contributed by atoms with Gasteiger partial charge in [-0.3, -0.25) is 0 Å². The Bertz CT molecular complexity index is 296. The summed E-state index contributed by atoms with van der Waals surface area (Å²) < 4.78 is 10.8. The smallest absolute Gasteiger partial charge is 0.120 e. The molecule has 0 saturated heterocycles. The highest BCUT2D eigenvalue weighted by molar-refractivity contribution is 5.10. The molecule has 1 rings (SSSR count). The second-order valence-corrected chi connectivity index (χ2v) is 4.23. The third-order valence-corrected chi connectivity index (χ3v) is 2.75. The molecule has 0 amide bonds. The molecular weight excluding hydrogens is 202 g/mol. The lowest BCUT2D eigenvalue weighted by atomic mass is 10.2. The summed E-state index contributed by atoms with van der Waals surface area (Å²) in [7, 11) is 1.73. The lowest BCUT2D eigenvalue weighted by Gasteiger charge is -2.18. The Balaban J connectivity index is 2.41. The van der Waals surface area contributed by atoms with Gasteiger partial charge in [0.1, 0.15) is 11.5 Å². The number of ether oxygens (including phenoxy) is 1. The summed E-state index contributed by atoms with van der Waals surface area (Å²) in [5.74, 6) is 2.06. The maximum absolute atomic E-state index is 5.71. The highest BCUT2D eigenvalue weighted by atomic mass is 16.5. The first-order chi connectivity index (χ1) is 7.67. The van der Waals surface area contributed by atoms with Crippen molar-refractivity contribution < 1.29 is 9.15 Å². The van der Waals surface area contributed by atoms with E-state index in [2.05, 4.69) is 32.2 Å². The van der Waals surface area contributed by atoms with E-state index in [-0.39, 0.29) is 6.04 Å². The predicted molar refractivity (Wildman–Crippen MR) is 65.6 cm³/mol. The van der Waals surface area contributed by atoms with Crippen LogP contribution in [0.4, 0.5) is 0 Å². The standard InChI is InChI=1S/C13H23NO2/c1-5-12-6-7-13(16-12)11(3)14-10(2)8-9-15-4/h6-7,10-11,14H,5,8-9H2,1-4H3. The normalized spacial score (nSPS) is 15.0. The van der Waals surface area contributed by atoms with Gasteiger partial charge in [0, 0.05) is 26.2 Å². The van der Waals surface area contributed by atoms with Crippen molar-refractivity contribution in [1.82, 2.24) is 5.32 Å². The van der Waals surface area contributed by atoms with Crippen molar-refractivity contribution >= 4 is 0 Å².